The molecular weight excluding hydrogens is 281 g/mol. The SMILES string of the molecule is OCc1c(F)ccc(I)c1Cl. The molecule has 0 aliphatic heterocycles. The Morgan fingerprint density at radius 2 is 2.18 bits per heavy atom. The molecule has 1 N–H and O–H groups in total. The summed E-state index contributed by atoms with van der Waals surface area (Å²) in [5.41, 5.74) is 0.165. The first-order valence-corrected chi connectivity index (χ1v) is 4.35. The molecule has 1 aromatic rings. The van der Waals surface area contributed by atoms with Gasteiger partial charge in [0.1, 0.15) is 5.82 Å². The summed E-state index contributed by atoms with van der Waals surface area (Å²) in [5.74, 6) is -0.460. The first kappa shape index (κ1) is 9.22. The highest BCUT2D eigenvalue weighted by Gasteiger charge is 2.08. The molecule has 0 radical (unpaired) electrons. The van der Waals surface area contributed by atoms with E-state index in [1.807, 2.05) is 22.6 Å². The molecule has 1 aromatic carbocycles. The Kier molecular flexibility index (Phi) is 3.09. The second-order valence-electron chi connectivity index (χ2n) is 1.98. The average Bonchev–Trinajstić information content (AvgIpc) is 1.99. The monoisotopic (exact) mass is 286 g/mol. The number of rotatable bonds is 1. The lowest BCUT2D eigenvalue weighted by Gasteiger charge is -2.02. The third kappa shape index (κ3) is 1.83. The van der Waals surface area contributed by atoms with Gasteiger partial charge in [-0.1, -0.05) is 11.6 Å². The van der Waals surface area contributed by atoms with Crippen LogP contribution in [0.2, 0.25) is 5.02 Å². The van der Waals surface area contributed by atoms with Crippen LogP contribution < -0.4 is 0 Å². The highest BCUT2D eigenvalue weighted by atomic mass is 127. The molecule has 0 saturated carbocycles. The summed E-state index contributed by atoms with van der Waals surface area (Å²) in [6.45, 7) is -0.360. The van der Waals surface area contributed by atoms with E-state index in [1.54, 1.807) is 6.07 Å². The van der Waals surface area contributed by atoms with E-state index in [1.165, 1.54) is 6.07 Å². The maximum Gasteiger partial charge on any atom is 0.130 e. The standard InChI is InChI=1S/C7H5ClFIO/c8-7-4(3-11)5(9)1-2-6(7)10/h1-2,11H,3H2. The van der Waals surface area contributed by atoms with E-state index in [2.05, 4.69) is 0 Å². The van der Waals surface area contributed by atoms with Crippen molar-refractivity contribution in [2.45, 2.75) is 6.61 Å². The van der Waals surface area contributed by atoms with E-state index in [-0.39, 0.29) is 12.2 Å². The Bertz CT molecular complexity index is 277. The van der Waals surface area contributed by atoms with Crippen molar-refractivity contribution < 1.29 is 9.50 Å². The zero-order valence-corrected chi connectivity index (χ0v) is 8.36. The van der Waals surface area contributed by atoms with E-state index in [9.17, 15) is 4.39 Å². The lowest BCUT2D eigenvalue weighted by atomic mass is 10.2. The van der Waals surface area contributed by atoms with Crippen molar-refractivity contribution in [1.29, 1.82) is 0 Å². The average molecular weight is 286 g/mol. The van der Waals surface area contributed by atoms with E-state index >= 15 is 0 Å². The summed E-state index contributed by atoms with van der Waals surface area (Å²) in [6, 6.07) is 2.86. The van der Waals surface area contributed by atoms with Gasteiger partial charge in [0, 0.05) is 9.13 Å². The zero-order valence-electron chi connectivity index (χ0n) is 5.44. The smallest absolute Gasteiger partial charge is 0.130 e. The van der Waals surface area contributed by atoms with Crippen molar-refractivity contribution >= 4 is 34.2 Å². The van der Waals surface area contributed by atoms with Crippen LogP contribution >= 0.6 is 34.2 Å². The van der Waals surface area contributed by atoms with Crippen LogP contribution in [-0.4, -0.2) is 5.11 Å². The molecule has 0 aromatic heterocycles. The lowest BCUT2D eigenvalue weighted by Crippen LogP contribution is -1.92. The van der Waals surface area contributed by atoms with Crippen LogP contribution in [0.15, 0.2) is 12.1 Å². The van der Waals surface area contributed by atoms with Crippen LogP contribution in [0.5, 0.6) is 0 Å². The highest BCUT2D eigenvalue weighted by molar-refractivity contribution is 14.1. The molecule has 0 aliphatic carbocycles. The minimum absolute atomic E-state index is 0.165. The van der Waals surface area contributed by atoms with Crippen LogP contribution in [0.1, 0.15) is 5.56 Å². The van der Waals surface area contributed by atoms with Gasteiger partial charge in [-0.2, -0.15) is 0 Å². The Balaban J connectivity index is 3.29. The van der Waals surface area contributed by atoms with Crippen LogP contribution in [-0.2, 0) is 6.61 Å². The summed E-state index contributed by atoms with van der Waals surface area (Å²) in [6.07, 6.45) is 0. The summed E-state index contributed by atoms with van der Waals surface area (Å²) < 4.78 is 13.5. The van der Waals surface area contributed by atoms with Gasteiger partial charge in [-0.05, 0) is 34.7 Å². The second-order valence-corrected chi connectivity index (χ2v) is 3.52. The van der Waals surface area contributed by atoms with Crippen molar-refractivity contribution in [1.82, 2.24) is 0 Å². The van der Waals surface area contributed by atoms with E-state index in [4.69, 9.17) is 16.7 Å². The summed E-state index contributed by atoms with van der Waals surface area (Å²) >= 11 is 7.67. The van der Waals surface area contributed by atoms with Crippen molar-refractivity contribution in [3.8, 4) is 0 Å². The molecule has 0 spiro atoms. The molecular formula is C7H5ClFIO. The molecule has 0 atom stereocenters. The van der Waals surface area contributed by atoms with Gasteiger partial charge in [0.25, 0.3) is 0 Å². The second kappa shape index (κ2) is 3.69. The van der Waals surface area contributed by atoms with E-state index in [0.717, 1.165) is 3.57 Å². The number of hydrogen-bond acceptors (Lipinski definition) is 1. The largest absolute Gasteiger partial charge is 0.392 e. The number of aliphatic hydroxyl groups excluding tert-OH is 1. The van der Waals surface area contributed by atoms with Gasteiger partial charge >= 0.3 is 0 Å². The third-order valence-corrected chi connectivity index (χ3v) is 2.95. The van der Waals surface area contributed by atoms with Crippen molar-refractivity contribution in [2.75, 3.05) is 0 Å². The number of hydrogen-bond donors (Lipinski definition) is 1. The molecule has 0 aliphatic rings. The van der Waals surface area contributed by atoms with Crippen molar-refractivity contribution in [2.24, 2.45) is 0 Å². The molecule has 11 heavy (non-hydrogen) atoms. The van der Waals surface area contributed by atoms with E-state index < -0.39 is 5.82 Å². The van der Waals surface area contributed by atoms with Gasteiger partial charge in [-0.25, -0.2) is 4.39 Å². The molecule has 0 heterocycles. The Hall–Kier alpha value is 0.130. The molecule has 4 heteroatoms. The zero-order chi connectivity index (χ0) is 8.43. The van der Waals surface area contributed by atoms with Gasteiger partial charge in [-0.3, -0.25) is 0 Å². The molecule has 60 valence electrons. The van der Waals surface area contributed by atoms with Crippen molar-refractivity contribution in [3.63, 3.8) is 0 Å². The Morgan fingerprint density at radius 3 is 2.64 bits per heavy atom. The molecule has 0 unspecified atom stereocenters. The Morgan fingerprint density at radius 1 is 1.55 bits per heavy atom. The molecule has 1 nitrogen and oxygen atoms in total. The fraction of sp³-hybridized carbons (Fsp3) is 0.143. The van der Waals surface area contributed by atoms with Gasteiger partial charge in [0.2, 0.25) is 0 Å². The molecule has 1 rings (SSSR count). The fourth-order valence-electron chi connectivity index (χ4n) is 0.714. The van der Waals surface area contributed by atoms with E-state index in [0.29, 0.717) is 5.02 Å². The van der Waals surface area contributed by atoms with Gasteiger partial charge in [0.05, 0.1) is 11.6 Å². The quantitative estimate of drug-likeness (QED) is 0.621. The number of aliphatic hydroxyl groups is 1. The summed E-state index contributed by atoms with van der Waals surface area (Å²) in [7, 11) is 0. The van der Waals surface area contributed by atoms with Crippen LogP contribution in [0.25, 0.3) is 0 Å². The maximum absolute atomic E-state index is 12.8. The Labute approximate surface area is 82.3 Å². The topological polar surface area (TPSA) is 20.2 Å². The summed E-state index contributed by atoms with van der Waals surface area (Å²) in [5, 5.41) is 9.00. The van der Waals surface area contributed by atoms with Gasteiger partial charge in [-0.15, -0.1) is 0 Å². The first-order chi connectivity index (χ1) is 5.16. The highest BCUT2D eigenvalue weighted by Crippen LogP contribution is 2.24. The number of halogens is 3. The normalized spacial score (nSPS) is 10.2. The minimum Gasteiger partial charge on any atom is -0.392 e. The van der Waals surface area contributed by atoms with Crippen molar-refractivity contribution in [3.05, 3.63) is 32.1 Å². The minimum atomic E-state index is -0.460. The van der Waals surface area contributed by atoms with Crippen LogP contribution in [0, 0.1) is 9.39 Å². The van der Waals surface area contributed by atoms with Crippen LogP contribution in [0.3, 0.4) is 0 Å². The fourth-order valence-corrected chi connectivity index (χ4v) is 1.43. The van der Waals surface area contributed by atoms with Gasteiger partial charge < -0.3 is 5.11 Å². The van der Waals surface area contributed by atoms with Crippen LogP contribution in [0.4, 0.5) is 4.39 Å². The molecule has 0 amide bonds. The lowest BCUT2D eigenvalue weighted by molar-refractivity contribution is 0.276. The first-order valence-electron chi connectivity index (χ1n) is 2.90. The summed E-state index contributed by atoms with van der Waals surface area (Å²) in [4.78, 5) is 0. The van der Waals surface area contributed by atoms with Gasteiger partial charge in [0.15, 0.2) is 0 Å². The predicted octanol–water partition coefficient (Wildman–Crippen LogP) is 2.58. The molecule has 0 saturated heterocycles. The molecule has 0 bridgehead atoms. The maximum atomic E-state index is 12.8. The predicted molar refractivity (Wildman–Crippen MR) is 50.0 cm³/mol. The number of benzene rings is 1. The molecule has 0 fully saturated rings. The third-order valence-electron chi connectivity index (χ3n) is 1.30.